The third-order valence-electron chi connectivity index (χ3n) is 3.99. The van der Waals surface area contributed by atoms with Crippen molar-refractivity contribution in [2.45, 2.75) is 10.9 Å². The molecule has 1 aliphatic rings. The van der Waals surface area contributed by atoms with Crippen LogP contribution >= 0.6 is 0 Å². The number of hydrogen-bond acceptors (Lipinski definition) is 3. The first-order valence-electron chi connectivity index (χ1n) is 7.51. The van der Waals surface area contributed by atoms with Gasteiger partial charge in [0.1, 0.15) is 11.9 Å². The Morgan fingerprint density at radius 3 is 2.39 bits per heavy atom. The molecule has 3 rings (SSSR count). The number of rotatable bonds is 4. The second-order valence-electron chi connectivity index (χ2n) is 5.83. The van der Waals surface area contributed by atoms with Crippen LogP contribution in [0.3, 0.4) is 0 Å². The van der Waals surface area contributed by atoms with Crippen LogP contribution in [0, 0.1) is 0 Å². The van der Waals surface area contributed by atoms with Crippen LogP contribution in [-0.2, 0) is 10.0 Å². The van der Waals surface area contributed by atoms with E-state index in [-0.39, 0.29) is 6.04 Å². The predicted molar refractivity (Wildman–Crippen MR) is 90.2 cm³/mol. The molecule has 0 aromatic heterocycles. The van der Waals surface area contributed by atoms with Crippen LogP contribution in [0.4, 0.5) is 0 Å². The molecule has 0 bridgehead atoms. The number of hydrogen-bond donors (Lipinski definition) is 2. The molecule has 2 N–H and O–H groups in total. The Hall–Kier alpha value is -2.18. The summed E-state index contributed by atoms with van der Waals surface area (Å²) >= 11 is 0. The van der Waals surface area contributed by atoms with Gasteiger partial charge in [-0.3, -0.25) is 9.71 Å². The molecule has 6 heteroatoms. The number of amidine groups is 1. The average molecular weight is 330 g/mol. The summed E-state index contributed by atoms with van der Waals surface area (Å²) in [5, 5.41) is 0. The highest BCUT2D eigenvalue weighted by atomic mass is 32.2. The van der Waals surface area contributed by atoms with Crippen LogP contribution in [0.15, 0.2) is 64.5 Å². The standard InChI is InChI=1S/C17H19N3O2S/c1-20(2)15(13-8-4-3-5-9-13)12-18-17-14-10-6-7-11-16(14)23(21,22)19-17/h3-11,15H,12H2,1-2H3,(H,18,19)/p+1/t15-/m0/s1. The minimum Gasteiger partial charge on any atom is -0.332 e. The van der Waals surface area contributed by atoms with E-state index in [1.165, 1.54) is 10.5 Å². The van der Waals surface area contributed by atoms with Crippen LogP contribution in [0.2, 0.25) is 0 Å². The van der Waals surface area contributed by atoms with Crippen molar-refractivity contribution in [3.05, 3.63) is 65.7 Å². The van der Waals surface area contributed by atoms with Crippen LogP contribution in [0.1, 0.15) is 17.2 Å². The average Bonchev–Trinajstić information content (AvgIpc) is 2.80. The molecule has 0 aliphatic carbocycles. The summed E-state index contributed by atoms with van der Waals surface area (Å²) in [7, 11) is 0.673. The normalized spacial score (nSPS) is 18.7. The van der Waals surface area contributed by atoms with Crippen molar-refractivity contribution in [2.24, 2.45) is 4.99 Å². The number of benzene rings is 2. The SMILES string of the molecule is C[NH+](C)[C@@H](CN=C1NS(=O)(=O)c2ccccc21)c1ccccc1. The van der Waals surface area contributed by atoms with E-state index >= 15 is 0 Å². The van der Waals surface area contributed by atoms with Crippen LogP contribution in [0.5, 0.6) is 0 Å². The highest BCUT2D eigenvalue weighted by Crippen LogP contribution is 2.22. The minimum atomic E-state index is -3.48. The largest absolute Gasteiger partial charge is 0.332 e. The monoisotopic (exact) mass is 330 g/mol. The molecule has 5 nitrogen and oxygen atoms in total. The summed E-state index contributed by atoms with van der Waals surface area (Å²) in [6.45, 7) is 0.512. The summed E-state index contributed by atoms with van der Waals surface area (Å²) in [5.41, 5.74) is 1.83. The molecule has 1 aliphatic heterocycles. The Balaban J connectivity index is 1.91. The Morgan fingerprint density at radius 1 is 1.04 bits per heavy atom. The molecule has 0 amide bonds. The number of aliphatic imine (C=N–C) groups is 1. The molecular weight excluding hydrogens is 310 g/mol. The van der Waals surface area contributed by atoms with E-state index in [9.17, 15) is 8.42 Å². The van der Waals surface area contributed by atoms with E-state index < -0.39 is 10.0 Å². The van der Waals surface area contributed by atoms with E-state index in [4.69, 9.17) is 0 Å². The molecule has 0 saturated heterocycles. The Bertz CT molecular complexity index is 830. The smallest absolute Gasteiger partial charge is 0.263 e. The zero-order valence-corrected chi connectivity index (χ0v) is 14.0. The first-order chi connectivity index (χ1) is 11.0. The van der Waals surface area contributed by atoms with Crippen molar-refractivity contribution in [1.82, 2.24) is 4.72 Å². The molecule has 1 atom stereocenters. The Morgan fingerprint density at radius 2 is 1.70 bits per heavy atom. The lowest BCUT2D eigenvalue weighted by Gasteiger charge is -2.20. The third-order valence-corrected chi connectivity index (χ3v) is 5.39. The fourth-order valence-electron chi connectivity index (χ4n) is 2.74. The third kappa shape index (κ3) is 3.13. The van der Waals surface area contributed by atoms with E-state index in [0.717, 1.165) is 0 Å². The van der Waals surface area contributed by atoms with E-state index in [1.807, 2.05) is 24.3 Å². The topological polar surface area (TPSA) is 63.0 Å². The van der Waals surface area contributed by atoms with Gasteiger partial charge in [0.2, 0.25) is 0 Å². The number of fused-ring (bicyclic) bond motifs is 1. The second-order valence-corrected chi connectivity index (χ2v) is 7.48. The fraction of sp³-hybridized carbons (Fsp3) is 0.235. The highest BCUT2D eigenvalue weighted by Gasteiger charge is 2.30. The number of sulfonamides is 1. The van der Waals surface area contributed by atoms with Gasteiger partial charge in [-0.1, -0.05) is 42.5 Å². The molecule has 23 heavy (non-hydrogen) atoms. The van der Waals surface area contributed by atoms with Gasteiger partial charge in [-0.05, 0) is 12.1 Å². The Labute approximate surface area is 136 Å². The summed E-state index contributed by atoms with van der Waals surface area (Å²) < 4.78 is 26.8. The molecule has 2 aromatic carbocycles. The zero-order chi connectivity index (χ0) is 16.4. The van der Waals surface area contributed by atoms with E-state index in [0.29, 0.717) is 22.8 Å². The van der Waals surface area contributed by atoms with Gasteiger partial charge in [0, 0.05) is 11.1 Å². The first-order valence-corrected chi connectivity index (χ1v) is 8.99. The van der Waals surface area contributed by atoms with Crippen molar-refractivity contribution >= 4 is 15.9 Å². The Kier molecular flexibility index (Phi) is 4.19. The molecule has 0 fully saturated rings. The van der Waals surface area contributed by atoms with Crippen molar-refractivity contribution in [3.63, 3.8) is 0 Å². The van der Waals surface area contributed by atoms with Gasteiger partial charge < -0.3 is 4.90 Å². The number of quaternary nitrogens is 1. The summed E-state index contributed by atoms with van der Waals surface area (Å²) in [6.07, 6.45) is 0. The zero-order valence-electron chi connectivity index (χ0n) is 13.2. The molecule has 0 spiro atoms. The van der Waals surface area contributed by atoms with Gasteiger partial charge >= 0.3 is 0 Å². The van der Waals surface area contributed by atoms with Gasteiger partial charge in [-0.15, -0.1) is 0 Å². The van der Waals surface area contributed by atoms with Gasteiger partial charge in [-0.25, -0.2) is 8.42 Å². The van der Waals surface area contributed by atoms with E-state index in [1.54, 1.807) is 18.2 Å². The van der Waals surface area contributed by atoms with Crippen molar-refractivity contribution < 1.29 is 13.3 Å². The number of likely N-dealkylation sites (N-methyl/N-ethyl adjacent to an activating group) is 1. The molecule has 0 radical (unpaired) electrons. The van der Waals surface area contributed by atoms with Gasteiger partial charge in [-0.2, -0.15) is 0 Å². The maximum Gasteiger partial charge on any atom is 0.263 e. The van der Waals surface area contributed by atoms with Gasteiger partial charge in [0.15, 0.2) is 0 Å². The minimum absolute atomic E-state index is 0.168. The maximum atomic E-state index is 12.1. The fourth-order valence-corrected chi connectivity index (χ4v) is 3.99. The number of nitrogens with one attached hydrogen (secondary N) is 2. The molecule has 0 saturated carbocycles. The summed E-state index contributed by atoms with van der Waals surface area (Å²) in [4.78, 5) is 6.11. The lowest BCUT2D eigenvalue weighted by Crippen LogP contribution is -3.06. The molecule has 1 heterocycles. The van der Waals surface area contributed by atoms with Gasteiger partial charge in [0.25, 0.3) is 10.0 Å². The van der Waals surface area contributed by atoms with Crippen molar-refractivity contribution in [3.8, 4) is 0 Å². The van der Waals surface area contributed by atoms with Crippen molar-refractivity contribution in [1.29, 1.82) is 0 Å². The van der Waals surface area contributed by atoms with Crippen LogP contribution < -0.4 is 9.62 Å². The first kappa shape index (κ1) is 15.7. The molecular formula is C17H20N3O2S+. The van der Waals surface area contributed by atoms with Crippen molar-refractivity contribution in [2.75, 3.05) is 20.6 Å². The lowest BCUT2D eigenvalue weighted by atomic mass is 10.1. The van der Waals surface area contributed by atoms with E-state index in [2.05, 4.69) is 35.9 Å². The predicted octanol–water partition coefficient (Wildman–Crippen LogP) is 0.611. The second kappa shape index (κ2) is 6.14. The quantitative estimate of drug-likeness (QED) is 0.863. The highest BCUT2D eigenvalue weighted by molar-refractivity contribution is 7.90. The molecule has 0 unspecified atom stereocenters. The molecule has 2 aromatic rings. The van der Waals surface area contributed by atoms with Crippen LogP contribution in [0.25, 0.3) is 0 Å². The number of nitrogens with zero attached hydrogens (tertiary/aromatic N) is 1. The summed E-state index contributed by atoms with van der Waals surface area (Å²) in [6, 6.07) is 17.2. The lowest BCUT2D eigenvalue weighted by molar-refractivity contribution is -0.890. The van der Waals surface area contributed by atoms with Gasteiger partial charge in [0.05, 0.1) is 25.5 Å². The summed E-state index contributed by atoms with van der Waals surface area (Å²) in [5.74, 6) is 0.433. The van der Waals surface area contributed by atoms with Crippen LogP contribution in [-0.4, -0.2) is 34.9 Å². The maximum absolute atomic E-state index is 12.1. The molecule has 120 valence electrons.